The van der Waals surface area contributed by atoms with Crippen LogP contribution in [0.25, 0.3) is 0 Å². The van der Waals surface area contributed by atoms with E-state index in [0.717, 1.165) is 6.20 Å². The minimum absolute atomic E-state index is 0.0352. The Labute approximate surface area is 202 Å². The van der Waals surface area contributed by atoms with Gasteiger partial charge < -0.3 is 31.2 Å². The highest BCUT2D eigenvalue weighted by atomic mass is 19.1. The zero-order chi connectivity index (χ0) is 25.0. The first-order chi connectivity index (χ1) is 16.9. The van der Waals surface area contributed by atoms with Gasteiger partial charge in [-0.25, -0.2) is 9.37 Å². The number of nitrogens with two attached hydrogens (primary N) is 1. The summed E-state index contributed by atoms with van der Waals surface area (Å²) >= 11 is 0. The number of hydrogen-bond acceptors (Lipinski definition) is 8. The lowest BCUT2D eigenvalue weighted by molar-refractivity contribution is -0.118. The Kier molecular flexibility index (Phi) is 9.31. The van der Waals surface area contributed by atoms with Crippen molar-refractivity contribution in [2.45, 2.75) is 19.3 Å². The molecule has 0 fully saturated rings. The van der Waals surface area contributed by atoms with Gasteiger partial charge in [-0.2, -0.15) is 4.98 Å². The molecule has 0 spiro atoms. The number of halogens is 1. The van der Waals surface area contributed by atoms with Gasteiger partial charge in [0.2, 0.25) is 17.8 Å². The third-order valence-electron chi connectivity index (χ3n) is 4.65. The molecule has 0 radical (unpaired) electrons. The largest absolute Gasteiger partial charge is 0.491 e. The van der Waals surface area contributed by atoms with E-state index in [2.05, 4.69) is 25.9 Å². The van der Waals surface area contributed by atoms with Crippen LogP contribution in [0.15, 0.2) is 54.7 Å². The van der Waals surface area contributed by atoms with Crippen LogP contribution in [-0.2, 0) is 14.3 Å². The Morgan fingerprint density at radius 2 is 1.77 bits per heavy atom. The summed E-state index contributed by atoms with van der Waals surface area (Å²) < 4.78 is 24.8. The van der Waals surface area contributed by atoms with E-state index in [1.807, 2.05) is 0 Å². The Morgan fingerprint density at radius 3 is 2.51 bits per heavy atom. The Bertz CT molecular complexity index is 1140. The van der Waals surface area contributed by atoms with Crippen molar-refractivity contribution in [3.63, 3.8) is 0 Å². The van der Waals surface area contributed by atoms with E-state index >= 15 is 0 Å². The minimum atomic E-state index is -0.640. The van der Waals surface area contributed by atoms with Gasteiger partial charge in [-0.1, -0.05) is 6.07 Å². The number of anilines is 5. The zero-order valence-corrected chi connectivity index (χ0v) is 19.2. The second kappa shape index (κ2) is 12.8. The number of rotatable bonds is 13. The number of nitrogens with zero attached hydrogens (tertiary/aromatic N) is 2. The molecule has 3 aromatic rings. The Balaban J connectivity index is 1.61. The highest BCUT2D eigenvalue weighted by Crippen LogP contribution is 2.23. The molecule has 0 aliphatic heterocycles. The first kappa shape index (κ1) is 25.4. The predicted octanol–water partition coefficient (Wildman–Crippen LogP) is 3.72. The summed E-state index contributed by atoms with van der Waals surface area (Å²) in [6.45, 7) is 0.936. The van der Waals surface area contributed by atoms with Crippen LogP contribution in [-0.4, -0.2) is 42.1 Å². The molecule has 2 aromatic carbocycles. The van der Waals surface area contributed by atoms with Crippen LogP contribution < -0.4 is 26.4 Å². The van der Waals surface area contributed by atoms with Crippen LogP contribution in [0, 0.1) is 5.82 Å². The maximum Gasteiger partial charge on any atom is 0.229 e. The van der Waals surface area contributed by atoms with E-state index in [-0.39, 0.29) is 30.5 Å². The molecule has 2 amide bonds. The summed E-state index contributed by atoms with van der Waals surface area (Å²) in [6, 6.07) is 13.9. The number of carbonyl (C=O) groups is 2. The Morgan fingerprint density at radius 1 is 1.00 bits per heavy atom. The molecule has 0 unspecified atom stereocenters. The minimum Gasteiger partial charge on any atom is -0.491 e. The summed E-state index contributed by atoms with van der Waals surface area (Å²) in [6.07, 6.45) is 1.73. The standard InChI is InChI=1S/C24H27FN6O4/c1-34-12-13-35-19-10-8-16(9-11-19)30-24-27-15-20(25)23(31-24)29-18-5-2-4-17(14-18)28-22(33)7-3-6-21(26)32/h2,4-5,8-11,14-15H,3,6-7,12-13H2,1H3,(H2,26,32)(H,28,33)(H2,27,29,30,31). The fraction of sp³-hybridized carbons (Fsp3) is 0.250. The van der Waals surface area contributed by atoms with Crippen molar-refractivity contribution in [3.05, 3.63) is 60.5 Å². The van der Waals surface area contributed by atoms with Crippen LogP contribution in [0.4, 0.5) is 33.2 Å². The number of primary amides is 1. The molecule has 0 aliphatic carbocycles. The van der Waals surface area contributed by atoms with Gasteiger partial charge in [0.25, 0.3) is 0 Å². The van der Waals surface area contributed by atoms with Gasteiger partial charge in [0, 0.05) is 37.0 Å². The van der Waals surface area contributed by atoms with Gasteiger partial charge in [-0.15, -0.1) is 0 Å². The van der Waals surface area contributed by atoms with Crippen molar-refractivity contribution in [1.82, 2.24) is 9.97 Å². The average molecular weight is 483 g/mol. The maximum absolute atomic E-state index is 14.4. The summed E-state index contributed by atoms with van der Waals surface area (Å²) in [4.78, 5) is 31.0. The molecular weight excluding hydrogens is 455 g/mol. The number of carbonyl (C=O) groups excluding carboxylic acids is 2. The third-order valence-corrected chi connectivity index (χ3v) is 4.65. The fourth-order valence-electron chi connectivity index (χ4n) is 2.98. The highest BCUT2D eigenvalue weighted by molar-refractivity contribution is 5.91. The van der Waals surface area contributed by atoms with Crippen molar-refractivity contribution in [1.29, 1.82) is 0 Å². The lowest BCUT2D eigenvalue weighted by Gasteiger charge is -2.11. The molecule has 1 aromatic heterocycles. The molecule has 184 valence electrons. The van der Waals surface area contributed by atoms with Crippen LogP contribution in [0.5, 0.6) is 5.75 Å². The van der Waals surface area contributed by atoms with Gasteiger partial charge in [0.1, 0.15) is 12.4 Å². The molecule has 0 bridgehead atoms. The fourth-order valence-corrected chi connectivity index (χ4v) is 2.98. The molecule has 0 saturated heterocycles. The van der Waals surface area contributed by atoms with Crippen LogP contribution >= 0.6 is 0 Å². The zero-order valence-electron chi connectivity index (χ0n) is 19.2. The molecule has 35 heavy (non-hydrogen) atoms. The van der Waals surface area contributed by atoms with Crippen molar-refractivity contribution in [3.8, 4) is 5.75 Å². The number of methoxy groups -OCH3 is 1. The van der Waals surface area contributed by atoms with Gasteiger partial charge in [0.15, 0.2) is 11.6 Å². The Hall–Kier alpha value is -4.25. The predicted molar refractivity (Wildman–Crippen MR) is 130 cm³/mol. The quantitative estimate of drug-likeness (QED) is 0.270. The first-order valence-electron chi connectivity index (χ1n) is 10.9. The molecule has 1 heterocycles. The lowest BCUT2D eigenvalue weighted by atomic mass is 10.2. The maximum atomic E-state index is 14.4. The summed E-state index contributed by atoms with van der Waals surface area (Å²) in [7, 11) is 1.60. The molecule has 3 rings (SSSR count). The first-order valence-corrected chi connectivity index (χ1v) is 10.9. The van der Waals surface area contributed by atoms with Crippen molar-refractivity contribution in [2.75, 3.05) is 36.3 Å². The second-order valence-corrected chi connectivity index (χ2v) is 7.45. The van der Waals surface area contributed by atoms with Crippen molar-refractivity contribution in [2.24, 2.45) is 5.73 Å². The van der Waals surface area contributed by atoms with E-state index in [1.165, 1.54) is 0 Å². The van der Waals surface area contributed by atoms with E-state index in [4.69, 9.17) is 15.2 Å². The van der Waals surface area contributed by atoms with E-state index < -0.39 is 11.7 Å². The molecule has 10 nitrogen and oxygen atoms in total. The number of aromatic nitrogens is 2. The van der Waals surface area contributed by atoms with Gasteiger partial charge >= 0.3 is 0 Å². The van der Waals surface area contributed by atoms with E-state index in [1.54, 1.807) is 55.6 Å². The monoisotopic (exact) mass is 482 g/mol. The van der Waals surface area contributed by atoms with Gasteiger partial charge in [0.05, 0.1) is 12.8 Å². The average Bonchev–Trinajstić information content (AvgIpc) is 2.82. The topological polar surface area (TPSA) is 140 Å². The number of ether oxygens (including phenoxy) is 2. The van der Waals surface area contributed by atoms with Crippen molar-refractivity contribution >= 4 is 40.6 Å². The number of nitrogens with one attached hydrogen (secondary N) is 3. The van der Waals surface area contributed by atoms with Crippen LogP contribution in [0.1, 0.15) is 19.3 Å². The third kappa shape index (κ3) is 8.55. The summed E-state index contributed by atoms with van der Waals surface area (Å²) in [5.74, 6) is -0.493. The molecule has 11 heteroatoms. The van der Waals surface area contributed by atoms with E-state index in [0.29, 0.717) is 42.4 Å². The molecular formula is C24H27FN6O4. The SMILES string of the molecule is COCCOc1ccc(Nc2ncc(F)c(Nc3cccc(NC(=O)CCCC(N)=O)c3)n2)cc1. The van der Waals surface area contributed by atoms with Crippen LogP contribution in [0.2, 0.25) is 0 Å². The highest BCUT2D eigenvalue weighted by Gasteiger charge is 2.10. The lowest BCUT2D eigenvalue weighted by Crippen LogP contribution is -2.14. The second-order valence-electron chi connectivity index (χ2n) is 7.45. The van der Waals surface area contributed by atoms with E-state index in [9.17, 15) is 14.0 Å². The normalized spacial score (nSPS) is 10.5. The molecule has 0 saturated carbocycles. The molecule has 0 atom stereocenters. The smallest absolute Gasteiger partial charge is 0.229 e. The molecule has 5 N–H and O–H groups in total. The number of amides is 2. The van der Waals surface area contributed by atoms with Gasteiger partial charge in [-0.05, 0) is 48.9 Å². The van der Waals surface area contributed by atoms with Crippen molar-refractivity contribution < 1.29 is 23.5 Å². The number of hydrogen-bond donors (Lipinski definition) is 4. The summed E-state index contributed by atoms with van der Waals surface area (Å²) in [5, 5.41) is 8.65. The summed E-state index contributed by atoms with van der Waals surface area (Å²) in [5.41, 5.74) is 6.81. The van der Waals surface area contributed by atoms with Crippen LogP contribution in [0.3, 0.4) is 0 Å². The van der Waals surface area contributed by atoms with Gasteiger partial charge in [-0.3, -0.25) is 9.59 Å². The number of benzene rings is 2. The molecule has 0 aliphatic rings.